The minimum absolute atomic E-state index is 0.0494. The fraction of sp³-hybridized carbons (Fsp3) is 0.238. The van der Waals surface area contributed by atoms with Gasteiger partial charge in [0.1, 0.15) is 11.6 Å². The molecule has 2 N–H and O–H groups in total. The van der Waals surface area contributed by atoms with Crippen molar-refractivity contribution in [2.75, 3.05) is 31.1 Å². The lowest BCUT2D eigenvalue weighted by atomic mass is 10.0. The molecule has 1 saturated heterocycles. The number of nitrogens with zero attached hydrogens (tertiary/aromatic N) is 4. The van der Waals surface area contributed by atoms with Crippen LogP contribution in [0, 0.1) is 10.1 Å². The second kappa shape index (κ2) is 7.84. The van der Waals surface area contributed by atoms with Gasteiger partial charge in [0.05, 0.1) is 16.0 Å². The van der Waals surface area contributed by atoms with Crippen LogP contribution in [-0.2, 0) is 4.79 Å². The van der Waals surface area contributed by atoms with Gasteiger partial charge in [0.15, 0.2) is 0 Å². The van der Waals surface area contributed by atoms with Crippen molar-refractivity contribution < 1.29 is 9.72 Å². The van der Waals surface area contributed by atoms with Crippen molar-refractivity contribution in [1.82, 2.24) is 9.88 Å². The van der Waals surface area contributed by atoms with Gasteiger partial charge in [-0.1, -0.05) is 30.3 Å². The van der Waals surface area contributed by atoms with Gasteiger partial charge >= 0.3 is 0 Å². The molecule has 2 aromatic carbocycles. The molecular weight excluding hydrogens is 370 g/mol. The van der Waals surface area contributed by atoms with E-state index in [4.69, 9.17) is 5.73 Å². The van der Waals surface area contributed by atoms with Gasteiger partial charge in [-0.3, -0.25) is 24.8 Å². The highest BCUT2D eigenvalue weighted by molar-refractivity contribution is 5.97. The number of aromatic nitrogens is 1. The van der Waals surface area contributed by atoms with E-state index < -0.39 is 6.04 Å². The zero-order valence-electron chi connectivity index (χ0n) is 15.8. The van der Waals surface area contributed by atoms with Crippen LogP contribution in [-0.4, -0.2) is 46.9 Å². The summed E-state index contributed by atoms with van der Waals surface area (Å²) < 4.78 is 0. The molecule has 3 aromatic rings. The largest absolute Gasteiger partial charge is 0.368 e. The number of piperazine rings is 1. The molecule has 4 rings (SSSR count). The van der Waals surface area contributed by atoms with Crippen LogP contribution < -0.4 is 10.6 Å². The lowest BCUT2D eigenvalue weighted by molar-refractivity contribution is -0.383. The third kappa shape index (κ3) is 3.62. The average Bonchev–Trinajstić information content (AvgIpc) is 2.74. The van der Waals surface area contributed by atoms with Crippen molar-refractivity contribution in [2.45, 2.75) is 6.04 Å². The van der Waals surface area contributed by atoms with Gasteiger partial charge in [-0.05, 0) is 23.8 Å². The first kappa shape index (κ1) is 18.8. The molecule has 1 aromatic heterocycles. The molecule has 0 aliphatic carbocycles. The zero-order chi connectivity index (χ0) is 20.4. The zero-order valence-corrected chi connectivity index (χ0v) is 15.8. The monoisotopic (exact) mass is 391 g/mol. The van der Waals surface area contributed by atoms with Gasteiger partial charge in [-0.15, -0.1) is 0 Å². The Balaban J connectivity index is 1.58. The van der Waals surface area contributed by atoms with E-state index in [1.165, 1.54) is 6.07 Å². The Morgan fingerprint density at radius 2 is 1.76 bits per heavy atom. The molecule has 8 heteroatoms. The molecule has 0 radical (unpaired) electrons. The van der Waals surface area contributed by atoms with Crippen molar-refractivity contribution in [3.8, 4) is 0 Å². The third-order valence-electron chi connectivity index (χ3n) is 5.33. The van der Waals surface area contributed by atoms with Gasteiger partial charge < -0.3 is 10.6 Å². The normalized spacial score (nSPS) is 15.9. The predicted molar refractivity (Wildman–Crippen MR) is 111 cm³/mol. The number of anilines is 1. The topological polar surface area (TPSA) is 106 Å². The minimum atomic E-state index is -0.468. The standard InChI is InChI=1S/C21H21N5O3/c22-21(27)20(15-5-2-1-3-6-15)25-13-11-24(12-14-25)18-9-8-17(26(28)29)16-7-4-10-23-19(16)18/h1-10,20H,11-14H2,(H2,22,27). The van der Waals surface area contributed by atoms with Crippen LogP contribution in [0.15, 0.2) is 60.8 Å². The van der Waals surface area contributed by atoms with E-state index in [1.54, 1.807) is 24.4 Å². The van der Waals surface area contributed by atoms with Crippen LogP contribution in [0.1, 0.15) is 11.6 Å². The second-order valence-corrected chi connectivity index (χ2v) is 7.00. The summed E-state index contributed by atoms with van der Waals surface area (Å²) in [6.45, 7) is 2.63. The van der Waals surface area contributed by atoms with Crippen molar-refractivity contribution in [1.29, 1.82) is 0 Å². The molecule has 1 aliphatic heterocycles. The number of carbonyl (C=O) groups is 1. The van der Waals surface area contributed by atoms with Crippen molar-refractivity contribution in [3.63, 3.8) is 0 Å². The number of hydrogen-bond acceptors (Lipinski definition) is 6. The molecule has 29 heavy (non-hydrogen) atoms. The lowest BCUT2D eigenvalue weighted by Crippen LogP contribution is -2.50. The summed E-state index contributed by atoms with van der Waals surface area (Å²) in [5, 5.41) is 11.9. The van der Waals surface area contributed by atoms with E-state index in [-0.39, 0.29) is 16.5 Å². The first-order chi connectivity index (χ1) is 14.1. The summed E-state index contributed by atoms with van der Waals surface area (Å²) in [7, 11) is 0. The number of nitro groups is 1. The Morgan fingerprint density at radius 3 is 2.41 bits per heavy atom. The van der Waals surface area contributed by atoms with E-state index >= 15 is 0 Å². The molecule has 1 atom stereocenters. The molecule has 8 nitrogen and oxygen atoms in total. The van der Waals surface area contributed by atoms with Crippen LogP contribution in [0.4, 0.5) is 11.4 Å². The van der Waals surface area contributed by atoms with Gasteiger partial charge in [-0.2, -0.15) is 0 Å². The Kier molecular flexibility index (Phi) is 5.09. The number of amides is 1. The van der Waals surface area contributed by atoms with E-state index in [0.29, 0.717) is 37.1 Å². The summed E-state index contributed by atoms with van der Waals surface area (Å²) in [5.74, 6) is -0.368. The highest BCUT2D eigenvalue weighted by Gasteiger charge is 2.30. The predicted octanol–water partition coefficient (Wildman–Crippen LogP) is 2.49. The first-order valence-electron chi connectivity index (χ1n) is 9.41. The summed E-state index contributed by atoms with van der Waals surface area (Å²) in [5.41, 5.74) is 8.11. The Bertz CT molecular complexity index is 1050. The summed E-state index contributed by atoms with van der Waals surface area (Å²) in [4.78, 5) is 31.7. The molecule has 1 aliphatic rings. The number of fused-ring (bicyclic) bond motifs is 1. The third-order valence-corrected chi connectivity index (χ3v) is 5.33. The van der Waals surface area contributed by atoms with Crippen molar-refractivity contribution in [3.05, 3.63) is 76.5 Å². The molecule has 0 saturated carbocycles. The number of non-ortho nitro benzene ring substituents is 1. The molecular formula is C21H21N5O3. The van der Waals surface area contributed by atoms with Crippen molar-refractivity contribution >= 4 is 28.2 Å². The van der Waals surface area contributed by atoms with Crippen LogP contribution in [0.2, 0.25) is 0 Å². The van der Waals surface area contributed by atoms with Crippen molar-refractivity contribution in [2.24, 2.45) is 5.73 Å². The molecule has 1 amide bonds. The van der Waals surface area contributed by atoms with E-state index in [1.807, 2.05) is 30.3 Å². The number of carbonyl (C=O) groups excluding carboxylic acids is 1. The number of hydrogen-bond donors (Lipinski definition) is 1. The number of rotatable bonds is 5. The molecule has 1 unspecified atom stereocenters. The summed E-state index contributed by atoms with van der Waals surface area (Å²) in [6.07, 6.45) is 1.64. The van der Waals surface area contributed by atoms with Crippen LogP contribution in [0.3, 0.4) is 0 Å². The number of pyridine rings is 1. The van der Waals surface area contributed by atoms with Gasteiger partial charge in [-0.25, -0.2) is 0 Å². The smallest absolute Gasteiger partial charge is 0.278 e. The quantitative estimate of drug-likeness (QED) is 0.529. The van der Waals surface area contributed by atoms with Gasteiger partial charge in [0.25, 0.3) is 5.69 Å². The molecule has 0 spiro atoms. The van der Waals surface area contributed by atoms with Crippen LogP contribution in [0.5, 0.6) is 0 Å². The maximum atomic E-state index is 12.1. The maximum Gasteiger partial charge on any atom is 0.278 e. The lowest BCUT2D eigenvalue weighted by Gasteiger charge is -2.39. The number of nitrogens with two attached hydrogens (primary N) is 1. The minimum Gasteiger partial charge on any atom is -0.368 e. The average molecular weight is 391 g/mol. The molecule has 2 heterocycles. The number of benzene rings is 2. The fourth-order valence-corrected chi connectivity index (χ4v) is 3.97. The Hall–Kier alpha value is -3.52. The van der Waals surface area contributed by atoms with Crippen LogP contribution in [0.25, 0.3) is 10.9 Å². The van der Waals surface area contributed by atoms with E-state index in [9.17, 15) is 14.9 Å². The summed E-state index contributed by atoms with van der Waals surface area (Å²) in [6, 6.07) is 15.8. The number of nitro benzene ring substituents is 1. The molecule has 148 valence electrons. The molecule has 0 bridgehead atoms. The number of primary amides is 1. The van der Waals surface area contributed by atoms with Gasteiger partial charge in [0.2, 0.25) is 5.91 Å². The summed E-state index contributed by atoms with van der Waals surface area (Å²) >= 11 is 0. The highest BCUT2D eigenvalue weighted by atomic mass is 16.6. The van der Waals surface area contributed by atoms with E-state index in [2.05, 4.69) is 14.8 Å². The Labute approximate surface area is 167 Å². The SMILES string of the molecule is NC(=O)C(c1ccccc1)N1CCN(c2ccc([N+](=O)[O-])c3cccnc23)CC1. The van der Waals surface area contributed by atoms with Crippen LogP contribution >= 0.6 is 0 Å². The molecule has 1 fully saturated rings. The first-order valence-corrected chi connectivity index (χ1v) is 9.41. The van der Waals surface area contributed by atoms with E-state index in [0.717, 1.165) is 11.3 Å². The van der Waals surface area contributed by atoms with Gasteiger partial charge in [0, 0.05) is 38.4 Å². The maximum absolute atomic E-state index is 12.1. The fourth-order valence-electron chi connectivity index (χ4n) is 3.97. The second-order valence-electron chi connectivity index (χ2n) is 7.00. The Morgan fingerprint density at radius 1 is 1.03 bits per heavy atom. The highest BCUT2D eigenvalue weighted by Crippen LogP contribution is 2.33.